The average Bonchev–Trinajstić information content (AvgIpc) is 2.99. The molecule has 4 aromatic rings. The standard InChI is InChI=1S/C28H25F2N7O5S/c1-17(38)3-8-25(39)36-9-11-37(12-10-36)27-26-22(32-16-33-27)6-5-21(34-26)18-13-23(28(42-2)31-15-18)35-43(40,41)24-7-4-19(29)14-20(24)30/h3-8,13-16,35H,9-12H2,1-2H3/b8-3+. The average molecular weight is 610 g/mol. The summed E-state index contributed by atoms with van der Waals surface area (Å²) in [5, 5.41) is 0. The normalized spacial score (nSPS) is 13.9. The molecule has 0 bridgehead atoms. The van der Waals surface area contributed by atoms with Gasteiger partial charge in [0.15, 0.2) is 11.6 Å². The van der Waals surface area contributed by atoms with Crippen molar-refractivity contribution in [3.05, 3.63) is 72.7 Å². The summed E-state index contributed by atoms with van der Waals surface area (Å²) in [7, 11) is -3.18. The van der Waals surface area contributed by atoms with Crippen LogP contribution in [0.5, 0.6) is 5.88 Å². The van der Waals surface area contributed by atoms with Gasteiger partial charge in [0, 0.05) is 50.1 Å². The largest absolute Gasteiger partial charge is 0.480 e. The highest BCUT2D eigenvalue weighted by molar-refractivity contribution is 7.92. The fourth-order valence-corrected chi connectivity index (χ4v) is 5.58. The Hall–Kier alpha value is -5.05. The number of ketones is 1. The van der Waals surface area contributed by atoms with Crippen LogP contribution < -0.4 is 14.4 Å². The lowest BCUT2D eigenvalue weighted by Crippen LogP contribution is -2.48. The highest BCUT2D eigenvalue weighted by Crippen LogP contribution is 2.32. The van der Waals surface area contributed by atoms with Gasteiger partial charge in [-0.1, -0.05) is 0 Å². The van der Waals surface area contributed by atoms with E-state index >= 15 is 0 Å². The highest BCUT2D eigenvalue weighted by Gasteiger charge is 2.24. The van der Waals surface area contributed by atoms with Crippen LogP contribution in [0.15, 0.2) is 66.0 Å². The quantitative estimate of drug-likeness (QED) is 0.296. The van der Waals surface area contributed by atoms with Crippen LogP contribution in [0.4, 0.5) is 20.3 Å². The molecule has 0 saturated carbocycles. The summed E-state index contributed by atoms with van der Waals surface area (Å²) >= 11 is 0. The van der Waals surface area contributed by atoms with Gasteiger partial charge in [-0.2, -0.15) is 0 Å². The molecule has 1 amide bonds. The molecule has 0 unspecified atom stereocenters. The number of nitrogens with one attached hydrogen (secondary N) is 1. The Labute approximate surface area is 245 Å². The molecular weight excluding hydrogens is 584 g/mol. The first kappa shape index (κ1) is 29.4. The molecule has 1 aromatic carbocycles. The number of aromatic nitrogens is 4. The molecule has 1 N–H and O–H groups in total. The van der Waals surface area contributed by atoms with E-state index in [0.29, 0.717) is 60.4 Å². The molecule has 222 valence electrons. The third-order valence-electron chi connectivity index (χ3n) is 6.58. The van der Waals surface area contributed by atoms with Crippen LogP contribution >= 0.6 is 0 Å². The first-order valence-corrected chi connectivity index (χ1v) is 14.4. The van der Waals surface area contributed by atoms with E-state index in [0.717, 1.165) is 12.1 Å². The van der Waals surface area contributed by atoms with Gasteiger partial charge in [0.05, 0.1) is 18.3 Å². The number of hydrogen-bond acceptors (Lipinski definition) is 10. The molecule has 0 spiro atoms. The molecule has 1 fully saturated rings. The van der Waals surface area contributed by atoms with Crippen LogP contribution in [0.2, 0.25) is 0 Å². The molecule has 1 aliphatic heterocycles. The minimum Gasteiger partial charge on any atom is -0.480 e. The molecule has 0 aliphatic carbocycles. The topological polar surface area (TPSA) is 148 Å². The fourth-order valence-electron chi connectivity index (χ4n) is 4.47. The zero-order valence-corrected chi connectivity index (χ0v) is 23.8. The Morgan fingerprint density at radius 1 is 1.00 bits per heavy atom. The zero-order valence-electron chi connectivity index (χ0n) is 23.0. The number of fused-ring (bicyclic) bond motifs is 1. The Kier molecular flexibility index (Phi) is 8.25. The molecule has 1 aliphatic rings. The maximum Gasteiger partial charge on any atom is 0.264 e. The number of anilines is 2. The Bertz CT molecular complexity index is 1860. The number of benzene rings is 1. The number of carbonyl (C=O) groups is 2. The smallest absolute Gasteiger partial charge is 0.264 e. The molecule has 15 heteroatoms. The number of amides is 1. The molecule has 3 aromatic heterocycles. The maximum absolute atomic E-state index is 14.3. The lowest BCUT2D eigenvalue weighted by molar-refractivity contribution is -0.126. The second-order valence-corrected chi connectivity index (χ2v) is 11.1. The second-order valence-electron chi connectivity index (χ2n) is 9.48. The lowest BCUT2D eigenvalue weighted by atomic mass is 10.1. The predicted octanol–water partition coefficient (Wildman–Crippen LogP) is 2.97. The number of methoxy groups -OCH3 is 1. The van der Waals surface area contributed by atoms with E-state index < -0.39 is 26.6 Å². The van der Waals surface area contributed by atoms with E-state index in [1.807, 2.05) is 4.90 Å². The number of ether oxygens (including phenoxy) is 1. The Morgan fingerprint density at radius 3 is 2.47 bits per heavy atom. The first-order chi connectivity index (χ1) is 20.6. The summed E-state index contributed by atoms with van der Waals surface area (Å²) in [6, 6.07) is 6.98. The number of rotatable bonds is 8. The van der Waals surface area contributed by atoms with Gasteiger partial charge in [-0.25, -0.2) is 37.1 Å². The van der Waals surface area contributed by atoms with Crippen LogP contribution in [0, 0.1) is 11.6 Å². The molecular formula is C28H25F2N7O5S. The predicted molar refractivity (Wildman–Crippen MR) is 153 cm³/mol. The number of hydrogen-bond donors (Lipinski definition) is 1. The molecule has 12 nitrogen and oxygen atoms in total. The highest BCUT2D eigenvalue weighted by atomic mass is 32.2. The van der Waals surface area contributed by atoms with Crippen LogP contribution in [-0.2, 0) is 19.6 Å². The monoisotopic (exact) mass is 609 g/mol. The summed E-state index contributed by atoms with van der Waals surface area (Å²) in [5.74, 6) is -2.15. The van der Waals surface area contributed by atoms with Gasteiger partial charge in [0.25, 0.3) is 10.0 Å². The number of piperazine rings is 1. The minimum absolute atomic E-state index is 0.0785. The van der Waals surface area contributed by atoms with Crippen molar-refractivity contribution in [3.63, 3.8) is 0 Å². The van der Waals surface area contributed by atoms with E-state index in [1.165, 1.54) is 44.8 Å². The van der Waals surface area contributed by atoms with Crippen molar-refractivity contribution >= 4 is 44.3 Å². The fraction of sp³-hybridized carbons (Fsp3) is 0.214. The molecule has 0 atom stereocenters. The molecule has 5 rings (SSSR count). The zero-order chi connectivity index (χ0) is 30.7. The van der Waals surface area contributed by atoms with Gasteiger partial charge in [-0.05, 0) is 43.3 Å². The van der Waals surface area contributed by atoms with E-state index in [-0.39, 0.29) is 23.3 Å². The number of nitrogens with zero attached hydrogens (tertiary/aromatic N) is 6. The number of sulfonamides is 1. The van der Waals surface area contributed by atoms with Gasteiger partial charge in [0.1, 0.15) is 34.1 Å². The van der Waals surface area contributed by atoms with Gasteiger partial charge < -0.3 is 14.5 Å². The van der Waals surface area contributed by atoms with E-state index in [1.54, 1.807) is 17.0 Å². The van der Waals surface area contributed by atoms with Crippen molar-refractivity contribution in [3.8, 4) is 17.1 Å². The van der Waals surface area contributed by atoms with Crippen LogP contribution in [0.1, 0.15) is 6.92 Å². The minimum atomic E-state index is -4.47. The molecule has 43 heavy (non-hydrogen) atoms. The number of allylic oxidation sites excluding steroid dienone is 1. The number of halogens is 2. The molecule has 1 saturated heterocycles. The second kappa shape index (κ2) is 12.1. The van der Waals surface area contributed by atoms with Crippen molar-refractivity contribution < 1.29 is 31.5 Å². The summed E-state index contributed by atoms with van der Waals surface area (Å²) in [6.07, 6.45) is 5.36. The van der Waals surface area contributed by atoms with E-state index in [2.05, 4.69) is 19.7 Å². The number of pyridine rings is 2. The van der Waals surface area contributed by atoms with Gasteiger partial charge in [0.2, 0.25) is 11.8 Å². The lowest BCUT2D eigenvalue weighted by Gasteiger charge is -2.35. The van der Waals surface area contributed by atoms with Crippen LogP contribution in [-0.4, -0.2) is 78.2 Å². The van der Waals surface area contributed by atoms with Gasteiger partial charge in [-0.3, -0.25) is 14.3 Å². The van der Waals surface area contributed by atoms with E-state index in [9.17, 15) is 26.8 Å². The van der Waals surface area contributed by atoms with Crippen molar-refractivity contribution in [1.82, 2.24) is 24.8 Å². The molecule has 4 heterocycles. The summed E-state index contributed by atoms with van der Waals surface area (Å²) in [6.45, 7) is 3.13. The van der Waals surface area contributed by atoms with Crippen LogP contribution in [0.25, 0.3) is 22.3 Å². The van der Waals surface area contributed by atoms with E-state index in [4.69, 9.17) is 9.72 Å². The van der Waals surface area contributed by atoms with Crippen LogP contribution in [0.3, 0.4) is 0 Å². The number of carbonyl (C=O) groups excluding carboxylic acids is 2. The Balaban J connectivity index is 1.43. The van der Waals surface area contributed by atoms with Gasteiger partial charge >= 0.3 is 0 Å². The third-order valence-corrected chi connectivity index (χ3v) is 7.98. The summed E-state index contributed by atoms with van der Waals surface area (Å²) in [4.78, 5) is 44.1. The Morgan fingerprint density at radius 2 is 1.77 bits per heavy atom. The van der Waals surface area contributed by atoms with Gasteiger partial charge in [-0.15, -0.1) is 0 Å². The van der Waals surface area contributed by atoms with Crippen molar-refractivity contribution in [1.29, 1.82) is 0 Å². The molecule has 0 radical (unpaired) electrons. The van der Waals surface area contributed by atoms with Crippen molar-refractivity contribution in [2.75, 3.05) is 42.9 Å². The summed E-state index contributed by atoms with van der Waals surface area (Å²) < 4.78 is 61.0. The van der Waals surface area contributed by atoms with Crippen molar-refractivity contribution in [2.45, 2.75) is 11.8 Å². The van der Waals surface area contributed by atoms with Crippen molar-refractivity contribution in [2.24, 2.45) is 0 Å². The maximum atomic E-state index is 14.3. The SMILES string of the molecule is COc1ncc(-c2ccc3ncnc(N4CCN(C(=O)/C=C/C(C)=O)CC4)c3n2)cc1NS(=O)(=O)c1ccc(F)cc1F. The first-order valence-electron chi connectivity index (χ1n) is 12.9. The third kappa shape index (κ3) is 6.40. The summed E-state index contributed by atoms with van der Waals surface area (Å²) in [5.41, 5.74) is 1.76.